The molecule has 0 heterocycles. The average molecular weight is 821 g/mol. The summed E-state index contributed by atoms with van der Waals surface area (Å²) in [6.45, 7) is 4.59. The molecule has 0 rings (SSSR count). The number of hydrogen-bond donors (Lipinski definition) is 2. The minimum Gasteiger partial charge on any atom is -0.481 e. The number of rotatable bonds is 50. The van der Waals surface area contributed by atoms with E-state index in [-0.39, 0.29) is 0 Å². The van der Waals surface area contributed by atoms with Crippen LogP contribution in [0, 0.1) is 0 Å². The molecule has 0 aliphatic carbocycles. The fourth-order valence-corrected chi connectivity index (χ4v) is 8.48. The van der Waals surface area contributed by atoms with Gasteiger partial charge in [0, 0.05) is 12.8 Å². The molecule has 0 unspecified atom stereocenters. The first kappa shape index (κ1) is 59.0. The van der Waals surface area contributed by atoms with E-state index in [1.54, 1.807) is 0 Å². The van der Waals surface area contributed by atoms with E-state index < -0.39 is 11.9 Å². The van der Waals surface area contributed by atoms with Crippen molar-refractivity contribution in [1.29, 1.82) is 0 Å². The predicted molar refractivity (Wildman–Crippen MR) is 257 cm³/mol. The SMILES string of the molecule is CCCCCCCCCCCCCCCCCCCCCCCCCCC(=O)O.CCCCCCCCCCCCCCCCCCCCCCCCCCC(=O)O. The maximum Gasteiger partial charge on any atom is 0.303 e. The van der Waals surface area contributed by atoms with Crippen LogP contribution in [0.5, 0.6) is 0 Å². The lowest BCUT2D eigenvalue weighted by Crippen LogP contribution is -1.93. The van der Waals surface area contributed by atoms with E-state index in [1.165, 1.54) is 283 Å². The van der Waals surface area contributed by atoms with Crippen LogP contribution in [0.1, 0.15) is 335 Å². The molecule has 0 aliphatic heterocycles. The van der Waals surface area contributed by atoms with Gasteiger partial charge in [0.25, 0.3) is 0 Å². The highest BCUT2D eigenvalue weighted by molar-refractivity contribution is 5.66. The van der Waals surface area contributed by atoms with Gasteiger partial charge in [0.15, 0.2) is 0 Å². The number of aliphatic carboxylic acids is 2. The van der Waals surface area contributed by atoms with Crippen molar-refractivity contribution >= 4 is 11.9 Å². The summed E-state index contributed by atoms with van der Waals surface area (Å²) in [6, 6.07) is 0. The van der Waals surface area contributed by atoms with Gasteiger partial charge >= 0.3 is 11.9 Å². The Balaban J connectivity index is 0. The fraction of sp³-hybridized carbons (Fsp3) is 0.963. The van der Waals surface area contributed by atoms with Crippen molar-refractivity contribution in [2.45, 2.75) is 335 Å². The zero-order valence-electron chi connectivity index (χ0n) is 40.1. The zero-order valence-corrected chi connectivity index (χ0v) is 40.1. The summed E-state index contributed by atoms with van der Waals surface area (Å²) < 4.78 is 0. The van der Waals surface area contributed by atoms with Crippen LogP contribution >= 0.6 is 0 Å². The molecule has 0 aliphatic rings. The number of carboxylic acid groups (broad SMARTS) is 2. The quantitative estimate of drug-likeness (QED) is 0.0600. The molecule has 0 saturated heterocycles. The lowest BCUT2D eigenvalue weighted by Gasteiger charge is -2.04. The van der Waals surface area contributed by atoms with Gasteiger partial charge in [-0.15, -0.1) is 0 Å². The molecule has 348 valence electrons. The van der Waals surface area contributed by atoms with Crippen LogP contribution in [0.2, 0.25) is 0 Å². The van der Waals surface area contributed by atoms with E-state index in [2.05, 4.69) is 13.8 Å². The first-order valence-electron chi connectivity index (χ1n) is 27.0. The van der Waals surface area contributed by atoms with Gasteiger partial charge < -0.3 is 10.2 Å². The van der Waals surface area contributed by atoms with Gasteiger partial charge in [0.2, 0.25) is 0 Å². The fourth-order valence-electron chi connectivity index (χ4n) is 8.48. The maximum atomic E-state index is 10.4. The monoisotopic (exact) mass is 821 g/mol. The van der Waals surface area contributed by atoms with Crippen molar-refractivity contribution in [2.75, 3.05) is 0 Å². The van der Waals surface area contributed by atoms with Gasteiger partial charge in [-0.05, 0) is 12.8 Å². The van der Waals surface area contributed by atoms with Crippen LogP contribution in [0.4, 0.5) is 0 Å². The second-order valence-corrected chi connectivity index (χ2v) is 18.6. The highest BCUT2D eigenvalue weighted by atomic mass is 16.4. The van der Waals surface area contributed by atoms with E-state index >= 15 is 0 Å². The largest absolute Gasteiger partial charge is 0.481 e. The summed E-state index contributed by atoms with van der Waals surface area (Å²) >= 11 is 0. The Morgan fingerprint density at radius 3 is 0.414 bits per heavy atom. The van der Waals surface area contributed by atoms with Gasteiger partial charge in [-0.1, -0.05) is 309 Å². The van der Waals surface area contributed by atoms with Crippen LogP contribution in [-0.4, -0.2) is 22.2 Å². The van der Waals surface area contributed by atoms with Crippen LogP contribution in [0.3, 0.4) is 0 Å². The molecule has 0 saturated carbocycles. The highest BCUT2D eigenvalue weighted by Crippen LogP contribution is 2.18. The van der Waals surface area contributed by atoms with E-state index in [0.29, 0.717) is 12.8 Å². The van der Waals surface area contributed by atoms with Crippen LogP contribution in [-0.2, 0) is 9.59 Å². The number of carboxylic acids is 2. The Bertz CT molecular complexity index is 689. The highest BCUT2D eigenvalue weighted by Gasteiger charge is 2.00. The molecule has 4 heteroatoms. The molecule has 2 N–H and O–H groups in total. The van der Waals surface area contributed by atoms with E-state index in [1.807, 2.05) is 0 Å². The standard InChI is InChI=1S/2C27H54O2/c2*1-2-3-4-5-6-7-8-9-10-11-12-13-14-15-16-17-18-19-20-21-22-23-24-25-26-27(28)29/h2*2-26H2,1H3,(H,28,29). The van der Waals surface area contributed by atoms with Crippen LogP contribution in [0.15, 0.2) is 0 Å². The Morgan fingerprint density at radius 1 is 0.207 bits per heavy atom. The van der Waals surface area contributed by atoms with E-state index in [4.69, 9.17) is 10.2 Å². The molecule has 0 aromatic carbocycles. The topological polar surface area (TPSA) is 74.6 Å². The normalized spacial score (nSPS) is 11.2. The molecular formula is C54H108O4. The van der Waals surface area contributed by atoms with Crippen LogP contribution < -0.4 is 0 Å². The number of unbranched alkanes of at least 4 members (excludes halogenated alkanes) is 46. The second-order valence-electron chi connectivity index (χ2n) is 18.6. The van der Waals surface area contributed by atoms with Crippen molar-refractivity contribution in [2.24, 2.45) is 0 Å². The summed E-state index contributed by atoms with van der Waals surface area (Å²) in [6.07, 6.45) is 67.0. The van der Waals surface area contributed by atoms with Crippen LogP contribution in [0.25, 0.3) is 0 Å². The third kappa shape index (κ3) is 61.6. The Kier molecular flexibility index (Phi) is 56.9. The van der Waals surface area contributed by atoms with Gasteiger partial charge in [-0.2, -0.15) is 0 Å². The lowest BCUT2D eigenvalue weighted by molar-refractivity contribution is -0.138. The summed E-state index contributed by atoms with van der Waals surface area (Å²) in [5.74, 6) is -1.30. The molecule has 0 aromatic heterocycles. The van der Waals surface area contributed by atoms with Gasteiger partial charge in [0.1, 0.15) is 0 Å². The molecule has 0 fully saturated rings. The Hall–Kier alpha value is -1.06. The molecule has 58 heavy (non-hydrogen) atoms. The third-order valence-electron chi connectivity index (χ3n) is 12.5. The van der Waals surface area contributed by atoms with Crippen molar-refractivity contribution in [3.63, 3.8) is 0 Å². The third-order valence-corrected chi connectivity index (χ3v) is 12.5. The molecule has 0 bridgehead atoms. The van der Waals surface area contributed by atoms with E-state index in [0.717, 1.165) is 25.7 Å². The Labute approximate surface area is 365 Å². The predicted octanol–water partition coefficient (Wildman–Crippen LogP) is 19.7. The summed E-state index contributed by atoms with van der Waals surface area (Å²) in [4.78, 5) is 20.8. The first-order chi connectivity index (χ1) is 28.5. The summed E-state index contributed by atoms with van der Waals surface area (Å²) in [5, 5.41) is 17.2. The minimum absolute atomic E-state index is 0.346. The molecule has 0 amide bonds. The van der Waals surface area contributed by atoms with Crippen molar-refractivity contribution in [1.82, 2.24) is 0 Å². The Morgan fingerprint density at radius 2 is 0.310 bits per heavy atom. The molecular weight excluding hydrogens is 713 g/mol. The van der Waals surface area contributed by atoms with Crippen molar-refractivity contribution in [3.05, 3.63) is 0 Å². The second kappa shape index (κ2) is 55.9. The number of hydrogen-bond acceptors (Lipinski definition) is 2. The van der Waals surface area contributed by atoms with Gasteiger partial charge in [-0.3, -0.25) is 9.59 Å². The maximum absolute atomic E-state index is 10.4. The van der Waals surface area contributed by atoms with E-state index in [9.17, 15) is 9.59 Å². The zero-order chi connectivity index (χ0) is 42.5. The van der Waals surface area contributed by atoms with Crippen molar-refractivity contribution < 1.29 is 19.8 Å². The first-order valence-corrected chi connectivity index (χ1v) is 27.0. The molecule has 0 spiro atoms. The van der Waals surface area contributed by atoms with Gasteiger partial charge in [0.05, 0.1) is 0 Å². The minimum atomic E-state index is -0.649. The average Bonchev–Trinajstić information content (AvgIpc) is 3.21. The smallest absolute Gasteiger partial charge is 0.303 e. The number of carbonyl (C=O) groups is 2. The molecule has 0 atom stereocenters. The summed E-state index contributed by atoms with van der Waals surface area (Å²) in [7, 11) is 0. The van der Waals surface area contributed by atoms with Crippen molar-refractivity contribution in [3.8, 4) is 0 Å². The lowest BCUT2D eigenvalue weighted by atomic mass is 10.0. The summed E-state index contributed by atoms with van der Waals surface area (Å²) in [5.41, 5.74) is 0. The van der Waals surface area contributed by atoms with Gasteiger partial charge in [-0.25, -0.2) is 0 Å². The molecule has 0 aromatic rings. The molecule has 0 radical (unpaired) electrons. The molecule has 4 nitrogen and oxygen atoms in total.